The molecular weight excluding hydrogens is 1240 g/mol. The van der Waals surface area contributed by atoms with Gasteiger partial charge in [-0.1, -0.05) is 360 Å². The second kappa shape index (κ2) is 26.4. The van der Waals surface area contributed by atoms with Gasteiger partial charge in [0.25, 0.3) is 6.71 Å². The minimum atomic E-state index is -0.260. The third kappa shape index (κ3) is 11.7. The molecule has 18 rings (SSSR count). The highest BCUT2D eigenvalue weighted by Crippen LogP contribution is 2.55. The maximum absolute atomic E-state index is 2.69. The quantitative estimate of drug-likeness (QED) is 0.106. The summed E-state index contributed by atoms with van der Waals surface area (Å²) >= 11 is 0. The van der Waals surface area contributed by atoms with E-state index >= 15 is 0 Å². The summed E-state index contributed by atoms with van der Waals surface area (Å²) in [4.78, 5) is 5.37. The summed E-state index contributed by atoms with van der Waals surface area (Å²) < 4.78 is 0. The van der Waals surface area contributed by atoms with E-state index in [1.807, 2.05) is 0 Å². The van der Waals surface area contributed by atoms with Gasteiger partial charge in [0.05, 0.1) is 11.4 Å². The fourth-order valence-corrected chi connectivity index (χ4v) is 15.9. The Bertz CT molecular complexity index is 5290. The summed E-state index contributed by atoms with van der Waals surface area (Å²) in [5.41, 5.74) is 36.7. The van der Waals surface area contributed by atoms with Gasteiger partial charge in [-0.05, 0) is 176 Å². The van der Waals surface area contributed by atoms with E-state index in [0.29, 0.717) is 0 Å². The average Bonchev–Trinajstić information content (AvgIpc) is 0.688. The van der Waals surface area contributed by atoms with Gasteiger partial charge < -0.3 is 9.80 Å². The molecular formula is C100H73BN2. The molecule has 0 aliphatic carbocycles. The first-order chi connectivity index (χ1) is 50.7. The Hall–Kier alpha value is -12.8. The molecule has 0 aromatic heterocycles. The summed E-state index contributed by atoms with van der Waals surface area (Å²) in [6.45, 7) is 6.66. The molecule has 0 saturated heterocycles. The molecule has 2 nitrogen and oxygen atoms in total. The molecule has 0 fully saturated rings. The Kier molecular flexibility index (Phi) is 16.0. The smallest absolute Gasteiger partial charge is 0.252 e. The number of anilines is 6. The van der Waals surface area contributed by atoms with E-state index in [0.717, 1.165) is 134 Å². The molecule has 0 N–H and O–H groups in total. The monoisotopic (exact) mass is 1310 g/mol. The van der Waals surface area contributed by atoms with Crippen LogP contribution in [0.5, 0.6) is 0 Å². The number of rotatable bonds is 13. The summed E-state index contributed by atoms with van der Waals surface area (Å²) in [6.07, 6.45) is 0. The zero-order valence-electron chi connectivity index (χ0n) is 57.9. The molecule has 0 unspecified atom stereocenters. The Morgan fingerprint density at radius 3 is 0.728 bits per heavy atom. The van der Waals surface area contributed by atoms with Crippen LogP contribution in [0.25, 0.3) is 122 Å². The molecule has 0 saturated carbocycles. The molecule has 0 atom stereocenters. The Morgan fingerprint density at radius 1 is 0.194 bits per heavy atom. The van der Waals surface area contributed by atoms with Gasteiger partial charge in [0.15, 0.2) is 0 Å². The first-order valence-corrected chi connectivity index (χ1v) is 35.9. The summed E-state index contributed by atoms with van der Waals surface area (Å²) in [5.74, 6) is 0. The molecule has 0 spiro atoms. The van der Waals surface area contributed by atoms with Gasteiger partial charge in [-0.3, -0.25) is 0 Å². The molecule has 3 heteroatoms. The Labute approximate surface area is 605 Å². The lowest BCUT2D eigenvalue weighted by Gasteiger charge is -2.46. The van der Waals surface area contributed by atoms with Gasteiger partial charge >= 0.3 is 0 Å². The molecule has 16 aromatic carbocycles. The minimum absolute atomic E-state index is 0.0582. The minimum Gasteiger partial charge on any atom is -0.310 e. The van der Waals surface area contributed by atoms with Gasteiger partial charge in [-0.15, -0.1) is 0 Å². The van der Waals surface area contributed by atoms with Crippen molar-refractivity contribution in [1.82, 2.24) is 0 Å². The predicted octanol–water partition coefficient (Wildman–Crippen LogP) is 25.4. The second-order valence-electron chi connectivity index (χ2n) is 28.3. The maximum Gasteiger partial charge on any atom is 0.252 e. The van der Waals surface area contributed by atoms with Crippen molar-refractivity contribution in [2.75, 3.05) is 9.80 Å². The molecule has 103 heavy (non-hydrogen) atoms. The normalized spacial score (nSPS) is 12.2. The van der Waals surface area contributed by atoms with Crippen LogP contribution >= 0.6 is 0 Å². The van der Waals surface area contributed by atoms with Crippen LogP contribution in [0, 0.1) is 0 Å². The van der Waals surface area contributed by atoms with Crippen molar-refractivity contribution in [2.24, 2.45) is 0 Å². The third-order valence-electron chi connectivity index (χ3n) is 21.0. The SMILES string of the molecule is CC(C)(C)c1ccc(-c2cc3c4c(c2)N(c2c(-c5cccc(-c6ccccc6)c5)cccc2-c2cccc(-c5ccccc5)c2)c2ccc(-c5ccccc5)cc2B4c2cc(-c4ccccc4)ccc2N3c2c(-c3cccc(-c4ccccc4)c3)cccc2-c2cccc(-c3ccccc3)c2)cc1. The van der Waals surface area contributed by atoms with E-state index < -0.39 is 0 Å². The van der Waals surface area contributed by atoms with Crippen molar-refractivity contribution in [3.8, 4) is 122 Å². The number of hydrogen-bond donors (Lipinski definition) is 0. The number of para-hydroxylation sites is 2. The van der Waals surface area contributed by atoms with Gasteiger partial charge in [0, 0.05) is 45.0 Å². The Balaban J connectivity index is 1.00. The summed E-state index contributed by atoms with van der Waals surface area (Å²) in [6, 6.07) is 145. The van der Waals surface area contributed by atoms with E-state index in [-0.39, 0.29) is 12.1 Å². The third-order valence-corrected chi connectivity index (χ3v) is 21.0. The first-order valence-electron chi connectivity index (χ1n) is 35.9. The molecule has 0 amide bonds. The van der Waals surface area contributed by atoms with E-state index in [9.17, 15) is 0 Å². The largest absolute Gasteiger partial charge is 0.310 e. The maximum atomic E-state index is 2.69. The predicted molar refractivity (Wildman–Crippen MR) is 439 cm³/mol. The number of benzene rings is 16. The molecule has 486 valence electrons. The van der Waals surface area contributed by atoms with E-state index in [4.69, 9.17) is 0 Å². The highest BCUT2D eigenvalue weighted by Gasteiger charge is 2.46. The van der Waals surface area contributed by atoms with Crippen LogP contribution < -0.4 is 26.2 Å². The second-order valence-corrected chi connectivity index (χ2v) is 28.3. The summed E-state index contributed by atoms with van der Waals surface area (Å²) in [7, 11) is 0. The lowest BCUT2D eigenvalue weighted by molar-refractivity contribution is 0.590. The highest BCUT2D eigenvalue weighted by molar-refractivity contribution is 7.00. The van der Waals surface area contributed by atoms with E-state index in [1.54, 1.807) is 0 Å². The van der Waals surface area contributed by atoms with Gasteiger partial charge in [-0.25, -0.2) is 0 Å². The molecule has 0 bridgehead atoms. The lowest BCUT2D eigenvalue weighted by Crippen LogP contribution is -2.61. The summed E-state index contributed by atoms with van der Waals surface area (Å²) in [5, 5.41) is 0. The van der Waals surface area contributed by atoms with Crippen LogP contribution in [0.15, 0.2) is 388 Å². The number of nitrogens with zero attached hydrogens (tertiary/aromatic N) is 2. The van der Waals surface area contributed by atoms with E-state index in [1.165, 1.54) is 44.2 Å². The van der Waals surface area contributed by atoms with Crippen molar-refractivity contribution in [1.29, 1.82) is 0 Å². The van der Waals surface area contributed by atoms with Crippen LogP contribution in [0.1, 0.15) is 26.3 Å². The van der Waals surface area contributed by atoms with Crippen LogP contribution in [0.4, 0.5) is 34.1 Å². The fraction of sp³-hybridized carbons (Fsp3) is 0.0400. The first kappa shape index (κ1) is 62.4. The Morgan fingerprint density at radius 2 is 0.437 bits per heavy atom. The van der Waals surface area contributed by atoms with Crippen LogP contribution in [0.3, 0.4) is 0 Å². The molecule has 16 aromatic rings. The van der Waals surface area contributed by atoms with Crippen molar-refractivity contribution in [2.45, 2.75) is 26.2 Å². The zero-order chi connectivity index (χ0) is 69.0. The van der Waals surface area contributed by atoms with Crippen LogP contribution in [-0.4, -0.2) is 6.71 Å². The van der Waals surface area contributed by atoms with Gasteiger partial charge in [0.2, 0.25) is 0 Å². The molecule has 2 aliphatic heterocycles. The number of fused-ring (bicyclic) bond motifs is 4. The average molecular weight is 1310 g/mol. The molecule has 2 heterocycles. The molecule has 2 aliphatic rings. The molecule has 0 radical (unpaired) electrons. The zero-order valence-corrected chi connectivity index (χ0v) is 57.9. The topological polar surface area (TPSA) is 6.48 Å². The lowest BCUT2D eigenvalue weighted by atomic mass is 9.33. The van der Waals surface area contributed by atoms with Crippen molar-refractivity contribution < 1.29 is 0 Å². The van der Waals surface area contributed by atoms with Gasteiger partial charge in [-0.2, -0.15) is 0 Å². The van der Waals surface area contributed by atoms with Crippen molar-refractivity contribution in [3.05, 3.63) is 394 Å². The van der Waals surface area contributed by atoms with Crippen LogP contribution in [0.2, 0.25) is 0 Å². The highest BCUT2D eigenvalue weighted by atomic mass is 15.2. The van der Waals surface area contributed by atoms with Crippen molar-refractivity contribution in [3.63, 3.8) is 0 Å². The van der Waals surface area contributed by atoms with Crippen LogP contribution in [-0.2, 0) is 5.41 Å². The van der Waals surface area contributed by atoms with E-state index in [2.05, 4.69) is 419 Å². The standard InChI is InChI=1S/C100H73BN2/c1-100(2,3)86-56-52-74(53-57-86)85-66-95-97-96(67-85)103(99-89(83-46-24-42-77(62-83)70-32-14-6-15-33-70)50-27-51-90(99)84-47-25-43-78(63-84)71-34-16-7-17-35-71)94-59-55-80(73-38-20-9-21-39-73)65-92(94)101(97)91-64-79(72-36-18-8-19-37-72)54-58-93(91)102(95)98-87(81-44-22-40-75(60-81)68-28-10-4-11-29-68)48-26-49-88(98)82-45-23-41-76(61-82)69-30-12-5-13-31-69/h4-67H,1-3H3. The number of hydrogen-bond acceptors (Lipinski definition) is 2. The fourth-order valence-electron chi connectivity index (χ4n) is 15.9. The van der Waals surface area contributed by atoms with Crippen molar-refractivity contribution >= 4 is 57.2 Å². The van der Waals surface area contributed by atoms with Gasteiger partial charge in [0.1, 0.15) is 0 Å².